The summed E-state index contributed by atoms with van der Waals surface area (Å²) in [6.45, 7) is 9.29. The first-order chi connectivity index (χ1) is 7.50. The number of benzene rings is 1. The lowest BCUT2D eigenvalue weighted by molar-refractivity contribution is 0.564. The van der Waals surface area contributed by atoms with Gasteiger partial charge in [0.1, 0.15) is 0 Å². The molecule has 0 radical (unpaired) electrons. The first-order valence-electron chi connectivity index (χ1n) is 6.60. The van der Waals surface area contributed by atoms with Crippen LogP contribution in [0.25, 0.3) is 0 Å². The smallest absolute Gasteiger partial charge is 0.0126 e. The van der Waals surface area contributed by atoms with Crippen molar-refractivity contribution in [2.24, 2.45) is 0 Å². The molecule has 88 valence electrons. The molecule has 1 aromatic carbocycles. The zero-order valence-corrected chi connectivity index (χ0v) is 11.1. The summed E-state index contributed by atoms with van der Waals surface area (Å²) in [7, 11) is 0. The summed E-state index contributed by atoms with van der Waals surface area (Å²) in [6, 6.07) is 6.86. The third-order valence-corrected chi connectivity index (χ3v) is 3.85. The average Bonchev–Trinajstić information content (AvgIpc) is 2.67. The Kier molecular flexibility index (Phi) is 3.10. The molecule has 0 unspecified atom stereocenters. The van der Waals surface area contributed by atoms with Crippen LogP contribution in [0.5, 0.6) is 0 Å². The Bertz CT molecular complexity index is 362. The van der Waals surface area contributed by atoms with Crippen LogP contribution in [0.2, 0.25) is 0 Å². The van der Waals surface area contributed by atoms with Gasteiger partial charge < -0.3 is 0 Å². The van der Waals surface area contributed by atoms with Crippen LogP contribution in [0.1, 0.15) is 69.1 Å². The van der Waals surface area contributed by atoms with Gasteiger partial charge in [0.2, 0.25) is 0 Å². The minimum absolute atomic E-state index is 0.281. The van der Waals surface area contributed by atoms with Gasteiger partial charge >= 0.3 is 0 Å². The first kappa shape index (κ1) is 11.7. The summed E-state index contributed by atoms with van der Waals surface area (Å²) in [5, 5.41) is 0. The molecule has 0 heterocycles. The van der Waals surface area contributed by atoms with E-state index in [2.05, 4.69) is 45.9 Å². The lowest BCUT2D eigenvalue weighted by Crippen LogP contribution is -2.17. The zero-order valence-electron chi connectivity index (χ0n) is 11.1. The first-order valence-corrected chi connectivity index (χ1v) is 6.60. The maximum atomic E-state index is 2.36. The Hall–Kier alpha value is -0.780. The quantitative estimate of drug-likeness (QED) is 0.623. The molecule has 0 aliphatic heterocycles. The Morgan fingerprint density at radius 1 is 1.06 bits per heavy atom. The average molecular weight is 216 g/mol. The fourth-order valence-electron chi connectivity index (χ4n) is 3.29. The van der Waals surface area contributed by atoms with Gasteiger partial charge in [-0.2, -0.15) is 0 Å². The van der Waals surface area contributed by atoms with E-state index in [1.807, 2.05) is 0 Å². The fourth-order valence-corrected chi connectivity index (χ4v) is 3.29. The number of hydrogen-bond acceptors (Lipinski definition) is 0. The lowest BCUT2D eigenvalue weighted by atomic mass is 9.77. The van der Waals surface area contributed by atoms with Crippen molar-refractivity contribution < 1.29 is 0 Å². The number of hydrogen-bond donors (Lipinski definition) is 0. The Labute approximate surface area is 100 Å². The van der Waals surface area contributed by atoms with E-state index in [4.69, 9.17) is 0 Å². The molecule has 0 atom stereocenters. The molecule has 0 heteroatoms. The third-order valence-electron chi connectivity index (χ3n) is 3.85. The number of aryl methyl sites for hydroxylation is 1. The van der Waals surface area contributed by atoms with Crippen LogP contribution >= 0.6 is 0 Å². The molecule has 0 amide bonds. The van der Waals surface area contributed by atoms with Crippen molar-refractivity contribution in [3.63, 3.8) is 0 Å². The van der Waals surface area contributed by atoms with Crippen LogP contribution < -0.4 is 0 Å². The summed E-state index contributed by atoms with van der Waals surface area (Å²) in [5.74, 6) is 0.828. The van der Waals surface area contributed by atoms with Gasteiger partial charge in [0.25, 0.3) is 0 Å². The van der Waals surface area contributed by atoms with Crippen molar-refractivity contribution in [2.75, 3.05) is 0 Å². The summed E-state index contributed by atoms with van der Waals surface area (Å²) in [5.41, 5.74) is 4.98. The Morgan fingerprint density at radius 2 is 1.69 bits per heavy atom. The van der Waals surface area contributed by atoms with E-state index in [1.54, 1.807) is 11.1 Å². The van der Waals surface area contributed by atoms with Crippen LogP contribution in [0.15, 0.2) is 18.2 Å². The fraction of sp³-hybridized carbons (Fsp3) is 0.625. The summed E-state index contributed by atoms with van der Waals surface area (Å²) in [6.07, 6.45) is 5.63. The molecule has 1 fully saturated rings. The monoisotopic (exact) mass is 216 g/mol. The minimum Gasteiger partial charge on any atom is -0.0617 e. The second-order valence-corrected chi connectivity index (χ2v) is 6.27. The van der Waals surface area contributed by atoms with Crippen LogP contribution in [0, 0.1) is 6.92 Å². The van der Waals surface area contributed by atoms with Crippen LogP contribution in [-0.4, -0.2) is 0 Å². The highest BCUT2D eigenvalue weighted by Crippen LogP contribution is 2.40. The molecule has 0 N–H and O–H groups in total. The summed E-state index contributed by atoms with van der Waals surface area (Å²) < 4.78 is 0. The van der Waals surface area contributed by atoms with Crippen LogP contribution in [-0.2, 0) is 5.41 Å². The summed E-state index contributed by atoms with van der Waals surface area (Å²) >= 11 is 0. The largest absolute Gasteiger partial charge is 0.0617 e. The van der Waals surface area contributed by atoms with E-state index < -0.39 is 0 Å². The van der Waals surface area contributed by atoms with E-state index in [-0.39, 0.29) is 5.41 Å². The van der Waals surface area contributed by atoms with Crippen molar-refractivity contribution in [3.05, 3.63) is 34.9 Å². The van der Waals surface area contributed by atoms with Gasteiger partial charge in [-0.3, -0.25) is 0 Å². The molecule has 0 saturated heterocycles. The molecular weight excluding hydrogens is 192 g/mol. The maximum absolute atomic E-state index is 2.36. The molecule has 1 aromatic rings. The minimum atomic E-state index is 0.281. The Balaban J connectivity index is 2.47. The number of rotatable bonds is 1. The van der Waals surface area contributed by atoms with Gasteiger partial charge in [-0.15, -0.1) is 0 Å². The molecule has 1 aliphatic rings. The maximum Gasteiger partial charge on any atom is -0.0126 e. The molecule has 0 aromatic heterocycles. The van der Waals surface area contributed by atoms with Gasteiger partial charge in [0.15, 0.2) is 0 Å². The van der Waals surface area contributed by atoms with E-state index in [0.717, 1.165) is 5.92 Å². The van der Waals surface area contributed by atoms with E-state index in [9.17, 15) is 0 Å². The predicted octanol–water partition coefficient (Wildman–Crippen LogP) is 4.95. The molecule has 16 heavy (non-hydrogen) atoms. The second-order valence-electron chi connectivity index (χ2n) is 6.27. The molecule has 0 nitrogen and oxygen atoms in total. The van der Waals surface area contributed by atoms with Gasteiger partial charge in [-0.1, -0.05) is 51.8 Å². The highest BCUT2D eigenvalue weighted by atomic mass is 14.3. The molecular formula is C16H24. The van der Waals surface area contributed by atoms with Crippen molar-refractivity contribution in [1.29, 1.82) is 0 Å². The van der Waals surface area contributed by atoms with Crippen molar-refractivity contribution in [2.45, 2.75) is 64.7 Å². The normalized spacial score (nSPS) is 18.0. The summed E-state index contributed by atoms with van der Waals surface area (Å²) in [4.78, 5) is 0. The Morgan fingerprint density at radius 3 is 2.25 bits per heavy atom. The van der Waals surface area contributed by atoms with E-state index in [0.29, 0.717) is 0 Å². The van der Waals surface area contributed by atoms with Crippen LogP contribution in [0.3, 0.4) is 0 Å². The molecule has 2 rings (SSSR count). The topological polar surface area (TPSA) is 0 Å². The molecule has 1 saturated carbocycles. The van der Waals surface area contributed by atoms with Gasteiger partial charge in [0.05, 0.1) is 0 Å². The molecule has 0 spiro atoms. The molecule has 1 aliphatic carbocycles. The van der Waals surface area contributed by atoms with Crippen molar-refractivity contribution >= 4 is 0 Å². The van der Waals surface area contributed by atoms with Crippen LogP contribution in [0.4, 0.5) is 0 Å². The highest BCUT2D eigenvalue weighted by molar-refractivity contribution is 5.41. The van der Waals surface area contributed by atoms with Gasteiger partial charge in [-0.25, -0.2) is 0 Å². The predicted molar refractivity (Wildman–Crippen MR) is 71.1 cm³/mol. The second kappa shape index (κ2) is 4.24. The van der Waals surface area contributed by atoms with Gasteiger partial charge in [-0.05, 0) is 47.8 Å². The highest BCUT2D eigenvalue weighted by Gasteiger charge is 2.26. The van der Waals surface area contributed by atoms with E-state index in [1.165, 1.54) is 31.2 Å². The lowest BCUT2D eigenvalue weighted by Gasteiger charge is -2.28. The van der Waals surface area contributed by atoms with Gasteiger partial charge in [0, 0.05) is 0 Å². The molecule has 0 bridgehead atoms. The SMILES string of the molecule is Cc1cccc(C2CCCC2)c1C(C)(C)C. The standard InChI is InChI=1S/C16H24/c1-12-8-7-11-14(13-9-5-6-10-13)15(12)16(2,3)4/h7-8,11,13H,5-6,9-10H2,1-4H3. The van der Waals surface area contributed by atoms with Crippen molar-refractivity contribution in [3.8, 4) is 0 Å². The third kappa shape index (κ3) is 2.16. The van der Waals surface area contributed by atoms with E-state index >= 15 is 0 Å². The zero-order chi connectivity index (χ0) is 11.8. The van der Waals surface area contributed by atoms with Crippen molar-refractivity contribution in [1.82, 2.24) is 0 Å².